The molecule has 1 aromatic heterocycles. The third-order valence-electron chi connectivity index (χ3n) is 5.50. The second-order valence-corrected chi connectivity index (χ2v) is 11.7. The zero-order chi connectivity index (χ0) is 22.1. The maximum atomic E-state index is 13.1. The number of rotatable bonds is 6. The Bertz CT molecular complexity index is 1230. The van der Waals surface area contributed by atoms with E-state index < -0.39 is 25.1 Å². The highest BCUT2D eigenvalue weighted by atomic mass is 32.2. The highest BCUT2D eigenvalue weighted by molar-refractivity contribution is 7.91. The Labute approximate surface area is 181 Å². The van der Waals surface area contributed by atoms with Crippen LogP contribution in [0.3, 0.4) is 0 Å². The van der Waals surface area contributed by atoms with Crippen LogP contribution in [0.25, 0.3) is 11.1 Å². The van der Waals surface area contributed by atoms with Gasteiger partial charge in [0.2, 0.25) is 10.0 Å². The Morgan fingerprint density at radius 1 is 0.871 bits per heavy atom. The Hall–Kier alpha value is -2.49. The summed E-state index contributed by atoms with van der Waals surface area (Å²) in [7, 11) is -7.15. The zero-order valence-electron chi connectivity index (χ0n) is 16.6. The fourth-order valence-corrected chi connectivity index (χ4v) is 6.95. The first kappa shape index (κ1) is 21.7. The van der Waals surface area contributed by atoms with Gasteiger partial charge in [0.25, 0.3) is 0 Å². The van der Waals surface area contributed by atoms with E-state index in [2.05, 4.69) is 0 Å². The average Bonchev–Trinajstić information content (AvgIpc) is 3.27. The van der Waals surface area contributed by atoms with Gasteiger partial charge in [-0.05, 0) is 60.4 Å². The SMILES string of the molecule is O=S(=O)(Cc1ccco1)C1CCN(S(=O)(=O)c2ccc(-c3ccc(F)cc3)cc2)CC1. The molecule has 0 aliphatic carbocycles. The van der Waals surface area contributed by atoms with E-state index in [1.807, 2.05) is 0 Å². The molecule has 1 fully saturated rings. The molecule has 2 aromatic carbocycles. The third kappa shape index (κ3) is 4.73. The van der Waals surface area contributed by atoms with Crippen LogP contribution in [0.2, 0.25) is 0 Å². The fourth-order valence-electron chi connectivity index (χ4n) is 3.75. The highest BCUT2D eigenvalue weighted by Gasteiger charge is 2.35. The molecule has 0 unspecified atom stereocenters. The molecule has 0 bridgehead atoms. The maximum absolute atomic E-state index is 13.1. The monoisotopic (exact) mass is 463 g/mol. The average molecular weight is 464 g/mol. The second kappa shape index (κ2) is 8.57. The van der Waals surface area contributed by atoms with Crippen LogP contribution in [0, 0.1) is 5.82 Å². The van der Waals surface area contributed by atoms with Crippen LogP contribution in [-0.4, -0.2) is 39.5 Å². The van der Waals surface area contributed by atoms with Crippen molar-refractivity contribution in [2.45, 2.75) is 28.7 Å². The number of sulfone groups is 1. The van der Waals surface area contributed by atoms with Crippen molar-refractivity contribution in [3.05, 3.63) is 78.5 Å². The van der Waals surface area contributed by atoms with Gasteiger partial charge in [-0.25, -0.2) is 21.2 Å². The molecule has 9 heteroatoms. The minimum atomic E-state index is -3.73. The lowest BCUT2D eigenvalue weighted by Gasteiger charge is -2.30. The number of sulfonamides is 1. The van der Waals surface area contributed by atoms with Gasteiger partial charge in [0.05, 0.1) is 16.4 Å². The Balaban J connectivity index is 1.43. The van der Waals surface area contributed by atoms with E-state index in [-0.39, 0.29) is 42.4 Å². The quantitative estimate of drug-likeness (QED) is 0.554. The molecule has 6 nitrogen and oxygen atoms in total. The van der Waals surface area contributed by atoms with Gasteiger partial charge >= 0.3 is 0 Å². The predicted molar refractivity (Wildman–Crippen MR) is 115 cm³/mol. The highest BCUT2D eigenvalue weighted by Crippen LogP contribution is 2.27. The van der Waals surface area contributed by atoms with Crippen LogP contribution in [0.1, 0.15) is 18.6 Å². The standard InChI is InChI=1S/C22H22FNO5S2/c23-19-7-3-17(4-8-19)18-5-9-22(10-6-18)31(27,28)24-13-11-21(12-14-24)30(25,26)16-20-2-1-15-29-20/h1-10,15,21H,11-14,16H2. The van der Waals surface area contributed by atoms with Crippen LogP contribution in [-0.2, 0) is 25.6 Å². The van der Waals surface area contributed by atoms with Crippen molar-refractivity contribution in [2.75, 3.05) is 13.1 Å². The van der Waals surface area contributed by atoms with Crippen molar-refractivity contribution in [1.29, 1.82) is 0 Å². The molecule has 3 aromatic rings. The van der Waals surface area contributed by atoms with Crippen molar-refractivity contribution in [3.8, 4) is 11.1 Å². The summed E-state index contributed by atoms with van der Waals surface area (Å²) >= 11 is 0. The predicted octanol–water partition coefficient (Wildman–Crippen LogP) is 3.85. The molecule has 4 rings (SSSR count). The molecule has 0 amide bonds. The van der Waals surface area contributed by atoms with E-state index in [0.29, 0.717) is 5.76 Å². The van der Waals surface area contributed by atoms with Crippen LogP contribution in [0.4, 0.5) is 4.39 Å². The largest absolute Gasteiger partial charge is 0.468 e. The molecule has 1 saturated heterocycles. The van der Waals surface area contributed by atoms with Crippen LogP contribution in [0.15, 0.2) is 76.2 Å². The van der Waals surface area contributed by atoms with E-state index in [9.17, 15) is 21.2 Å². The molecule has 2 heterocycles. The summed E-state index contributed by atoms with van der Waals surface area (Å²) in [5, 5.41) is -0.593. The van der Waals surface area contributed by atoms with E-state index in [4.69, 9.17) is 4.42 Å². The van der Waals surface area contributed by atoms with Gasteiger partial charge in [0.1, 0.15) is 17.3 Å². The third-order valence-corrected chi connectivity index (χ3v) is 9.59. The molecule has 164 valence electrons. The molecule has 0 N–H and O–H groups in total. The molecule has 1 aliphatic rings. The van der Waals surface area contributed by atoms with Gasteiger partial charge < -0.3 is 4.42 Å². The number of hydrogen-bond acceptors (Lipinski definition) is 5. The second-order valence-electron chi connectivity index (χ2n) is 7.52. The smallest absolute Gasteiger partial charge is 0.243 e. The summed E-state index contributed by atoms with van der Waals surface area (Å²) in [6.45, 7) is 0.286. The molecule has 31 heavy (non-hydrogen) atoms. The lowest BCUT2D eigenvalue weighted by molar-refractivity contribution is 0.345. The first-order valence-corrected chi connectivity index (χ1v) is 13.0. The number of piperidine rings is 1. The molecule has 0 radical (unpaired) electrons. The van der Waals surface area contributed by atoms with Crippen LogP contribution < -0.4 is 0 Å². The van der Waals surface area contributed by atoms with Crippen molar-refractivity contribution >= 4 is 19.9 Å². The van der Waals surface area contributed by atoms with Gasteiger partial charge in [0, 0.05) is 13.1 Å². The molecular weight excluding hydrogens is 441 g/mol. The zero-order valence-corrected chi connectivity index (χ0v) is 18.3. The van der Waals surface area contributed by atoms with E-state index in [1.54, 1.807) is 36.4 Å². The topological polar surface area (TPSA) is 84.7 Å². The molecule has 0 atom stereocenters. The van der Waals surface area contributed by atoms with Crippen molar-refractivity contribution < 1.29 is 25.6 Å². The summed E-state index contributed by atoms with van der Waals surface area (Å²) in [4.78, 5) is 0.148. The lowest BCUT2D eigenvalue weighted by atomic mass is 10.1. The molecule has 1 aliphatic heterocycles. The summed E-state index contributed by atoms with van der Waals surface area (Å²) < 4.78 is 70.8. The van der Waals surface area contributed by atoms with E-state index in [1.165, 1.54) is 34.8 Å². The number of furan rings is 1. The summed E-state index contributed by atoms with van der Waals surface area (Å²) in [6.07, 6.45) is 1.92. The number of hydrogen-bond donors (Lipinski definition) is 0. The van der Waals surface area contributed by atoms with Gasteiger partial charge in [0.15, 0.2) is 9.84 Å². The normalized spacial score (nSPS) is 16.4. The van der Waals surface area contributed by atoms with Crippen LogP contribution in [0.5, 0.6) is 0 Å². The summed E-state index contributed by atoms with van der Waals surface area (Å²) in [5.74, 6) is -0.128. The van der Waals surface area contributed by atoms with E-state index >= 15 is 0 Å². The fraction of sp³-hybridized carbons (Fsp3) is 0.273. The van der Waals surface area contributed by atoms with Crippen molar-refractivity contribution in [1.82, 2.24) is 4.31 Å². The first-order valence-electron chi connectivity index (χ1n) is 9.86. The van der Waals surface area contributed by atoms with Gasteiger partial charge in [-0.3, -0.25) is 0 Å². The van der Waals surface area contributed by atoms with Crippen LogP contribution >= 0.6 is 0 Å². The van der Waals surface area contributed by atoms with Crippen molar-refractivity contribution in [3.63, 3.8) is 0 Å². The maximum Gasteiger partial charge on any atom is 0.243 e. The number of halogens is 1. The van der Waals surface area contributed by atoms with Gasteiger partial charge in [-0.2, -0.15) is 4.31 Å². The van der Waals surface area contributed by atoms with Gasteiger partial charge in [-0.1, -0.05) is 24.3 Å². The molecule has 0 spiro atoms. The Morgan fingerprint density at radius 2 is 1.45 bits per heavy atom. The minimum absolute atomic E-state index is 0.143. The molecular formula is C22H22FNO5S2. The number of benzene rings is 2. The molecule has 0 saturated carbocycles. The Morgan fingerprint density at radius 3 is 2.00 bits per heavy atom. The first-order chi connectivity index (χ1) is 14.8. The van der Waals surface area contributed by atoms with Gasteiger partial charge in [-0.15, -0.1) is 0 Å². The summed E-state index contributed by atoms with van der Waals surface area (Å²) in [6, 6.07) is 15.6. The van der Waals surface area contributed by atoms with Crippen molar-refractivity contribution in [2.24, 2.45) is 0 Å². The minimum Gasteiger partial charge on any atom is -0.468 e. The van der Waals surface area contributed by atoms with E-state index in [0.717, 1.165) is 11.1 Å². The summed E-state index contributed by atoms with van der Waals surface area (Å²) in [5.41, 5.74) is 1.56. The number of nitrogens with zero attached hydrogens (tertiary/aromatic N) is 1. The Kier molecular flexibility index (Phi) is 6.00. The lowest BCUT2D eigenvalue weighted by Crippen LogP contribution is -2.42.